The molecular weight excluding hydrogens is 172 g/mol. The largest absolute Gasteiger partial charge is 0.378 e. The van der Waals surface area contributed by atoms with Crippen LogP contribution in [0, 0.1) is 0 Å². The minimum atomic E-state index is -0.213. The van der Waals surface area contributed by atoms with Gasteiger partial charge in [-0.05, 0) is 26.7 Å². The number of hydrogen-bond acceptors (Lipinski definition) is 4. The molecule has 2 aliphatic heterocycles. The Morgan fingerprint density at radius 3 is 3.00 bits per heavy atom. The van der Waals surface area contributed by atoms with Gasteiger partial charge in [0.2, 0.25) is 0 Å². The van der Waals surface area contributed by atoms with Crippen molar-refractivity contribution >= 4 is 16.9 Å². The SMILES string of the molecule is CC12CCCOC1(C)SC(N)=N2. The van der Waals surface area contributed by atoms with E-state index in [4.69, 9.17) is 10.5 Å². The smallest absolute Gasteiger partial charge is 0.157 e. The van der Waals surface area contributed by atoms with Gasteiger partial charge >= 0.3 is 0 Å². The molecule has 0 amide bonds. The number of ether oxygens (including phenoxy) is 1. The van der Waals surface area contributed by atoms with Crippen LogP contribution in [-0.4, -0.2) is 22.2 Å². The van der Waals surface area contributed by atoms with Gasteiger partial charge in [0.1, 0.15) is 4.93 Å². The number of amidine groups is 1. The van der Waals surface area contributed by atoms with Gasteiger partial charge in [0.25, 0.3) is 0 Å². The molecule has 0 aromatic carbocycles. The highest BCUT2D eigenvalue weighted by Crippen LogP contribution is 2.49. The van der Waals surface area contributed by atoms with Crippen LogP contribution >= 0.6 is 11.8 Å². The fourth-order valence-corrected chi connectivity index (χ4v) is 2.98. The molecule has 4 heteroatoms. The van der Waals surface area contributed by atoms with E-state index in [-0.39, 0.29) is 10.5 Å². The molecule has 12 heavy (non-hydrogen) atoms. The first-order valence-electron chi connectivity index (χ1n) is 4.24. The standard InChI is InChI=1S/C8H14N2OS/c1-7-4-3-5-11-8(7,2)12-6(9)10-7/h3-5H2,1-2H3,(H2,9,10). The van der Waals surface area contributed by atoms with Gasteiger partial charge in [-0.25, -0.2) is 0 Å². The zero-order chi connectivity index (χ0) is 8.82. The van der Waals surface area contributed by atoms with Crippen molar-refractivity contribution in [3.05, 3.63) is 0 Å². The summed E-state index contributed by atoms with van der Waals surface area (Å²) < 4.78 is 5.73. The molecule has 2 heterocycles. The highest BCUT2D eigenvalue weighted by atomic mass is 32.2. The molecule has 3 nitrogen and oxygen atoms in total. The second-order valence-electron chi connectivity index (χ2n) is 3.72. The molecule has 0 bridgehead atoms. The van der Waals surface area contributed by atoms with Crippen LogP contribution in [0.25, 0.3) is 0 Å². The summed E-state index contributed by atoms with van der Waals surface area (Å²) in [7, 11) is 0. The summed E-state index contributed by atoms with van der Waals surface area (Å²) in [5, 5.41) is 0.668. The molecule has 68 valence electrons. The normalized spacial score (nSPS) is 47.0. The summed E-state index contributed by atoms with van der Waals surface area (Å²) in [5.41, 5.74) is 5.60. The van der Waals surface area contributed by atoms with Gasteiger partial charge in [0.15, 0.2) is 5.17 Å². The minimum Gasteiger partial charge on any atom is -0.378 e. The maximum absolute atomic E-state index is 5.73. The van der Waals surface area contributed by atoms with E-state index in [2.05, 4.69) is 18.8 Å². The quantitative estimate of drug-likeness (QED) is 0.621. The summed E-state index contributed by atoms with van der Waals surface area (Å²) in [6.07, 6.45) is 2.17. The van der Waals surface area contributed by atoms with Crippen molar-refractivity contribution in [1.29, 1.82) is 0 Å². The summed E-state index contributed by atoms with van der Waals surface area (Å²) in [6, 6.07) is 0. The molecule has 0 aliphatic carbocycles. The number of nitrogens with two attached hydrogens (primary N) is 1. The highest BCUT2D eigenvalue weighted by Gasteiger charge is 2.53. The van der Waals surface area contributed by atoms with Gasteiger partial charge in [-0.3, -0.25) is 4.99 Å². The first-order chi connectivity index (χ1) is 5.56. The number of fused-ring (bicyclic) bond motifs is 1. The van der Waals surface area contributed by atoms with Gasteiger partial charge < -0.3 is 10.5 Å². The van der Waals surface area contributed by atoms with Crippen molar-refractivity contribution in [2.75, 3.05) is 6.61 Å². The van der Waals surface area contributed by atoms with Gasteiger partial charge in [-0.1, -0.05) is 11.8 Å². The molecular formula is C8H14N2OS. The van der Waals surface area contributed by atoms with Crippen LogP contribution in [-0.2, 0) is 4.74 Å². The Hall–Kier alpha value is -0.220. The van der Waals surface area contributed by atoms with Crippen LogP contribution in [0.4, 0.5) is 0 Å². The van der Waals surface area contributed by atoms with Crippen LogP contribution in [0.3, 0.4) is 0 Å². The summed E-state index contributed by atoms with van der Waals surface area (Å²) in [4.78, 5) is 4.23. The van der Waals surface area contributed by atoms with Crippen LogP contribution < -0.4 is 5.73 Å². The van der Waals surface area contributed by atoms with Gasteiger partial charge in [-0.2, -0.15) is 0 Å². The molecule has 0 aromatic rings. The van der Waals surface area contributed by atoms with E-state index in [9.17, 15) is 0 Å². The van der Waals surface area contributed by atoms with Crippen molar-refractivity contribution in [3.8, 4) is 0 Å². The van der Waals surface area contributed by atoms with E-state index >= 15 is 0 Å². The van der Waals surface area contributed by atoms with E-state index in [0.29, 0.717) is 5.17 Å². The third-order valence-corrected chi connectivity index (χ3v) is 4.07. The summed E-state index contributed by atoms with van der Waals surface area (Å²) in [6.45, 7) is 5.04. The Morgan fingerprint density at radius 1 is 1.58 bits per heavy atom. The zero-order valence-corrected chi connectivity index (χ0v) is 8.28. The summed E-state index contributed by atoms with van der Waals surface area (Å²) >= 11 is 1.56. The Bertz CT molecular complexity index is 243. The molecule has 0 spiro atoms. The maximum atomic E-state index is 5.73. The van der Waals surface area contributed by atoms with Crippen molar-refractivity contribution in [2.45, 2.75) is 37.2 Å². The Kier molecular flexibility index (Phi) is 1.67. The predicted molar refractivity (Wildman–Crippen MR) is 51.2 cm³/mol. The predicted octanol–water partition coefficient (Wildman–Crippen LogP) is 1.33. The second kappa shape index (κ2) is 2.39. The molecule has 2 unspecified atom stereocenters. The monoisotopic (exact) mass is 186 g/mol. The van der Waals surface area contributed by atoms with Crippen LogP contribution in [0.1, 0.15) is 26.7 Å². The first kappa shape index (κ1) is 8.38. The van der Waals surface area contributed by atoms with E-state index < -0.39 is 0 Å². The van der Waals surface area contributed by atoms with Crippen molar-refractivity contribution < 1.29 is 4.74 Å². The van der Waals surface area contributed by atoms with E-state index in [1.165, 1.54) is 0 Å². The molecule has 2 aliphatic rings. The van der Waals surface area contributed by atoms with Gasteiger partial charge in [0, 0.05) is 6.61 Å². The van der Waals surface area contributed by atoms with Crippen LogP contribution in [0.5, 0.6) is 0 Å². The van der Waals surface area contributed by atoms with Crippen LogP contribution in [0.15, 0.2) is 4.99 Å². The van der Waals surface area contributed by atoms with Gasteiger partial charge in [-0.15, -0.1) is 0 Å². The fraction of sp³-hybridized carbons (Fsp3) is 0.875. The molecule has 2 N–H and O–H groups in total. The third-order valence-electron chi connectivity index (χ3n) is 2.82. The minimum absolute atomic E-state index is 0.0972. The number of nitrogens with zero attached hydrogens (tertiary/aromatic N) is 1. The second-order valence-corrected chi connectivity index (χ2v) is 5.13. The highest BCUT2D eigenvalue weighted by molar-refractivity contribution is 8.15. The lowest BCUT2D eigenvalue weighted by atomic mass is 9.88. The van der Waals surface area contributed by atoms with Crippen molar-refractivity contribution in [3.63, 3.8) is 0 Å². The topological polar surface area (TPSA) is 47.6 Å². The molecule has 2 rings (SSSR count). The molecule has 0 aromatic heterocycles. The lowest BCUT2D eigenvalue weighted by Crippen LogP contribution is -2.48. The Labute approximate surface area is 76.8 Å². The maximum Gasteiger partial charge on any atom is 0.157 e. The Morgan fingerprint density at radius 2 is 2.33 bits per heavy atom. The lowest BCUT2D eigenvalue weighted by molar-refractivity contribution is -0.0443. The van der Waals surface area contributed by atoms with Crippen LogP contribution in [0.2, 0.25) is 0 Å². The fourth-order valence-electron chi connectivity index (χ4n) is 1.83. The van der Waals surface area contributed by atoms with E-state index in [1.54, 1.807) is 11.8 Å². The number of thioether (sulfide) groups is 1. The zero-order valence-electron chi connectivity index (χ0n) is 7.46. The van der Waals surface area contributed by atoms with Crippen molar-refractivity contribution in [1.82, 2.24) is 0 Å². The Balaban J connectivity index is 2.32. The lowest BCUT2D eigenvalue weighted by Gasteiger charge is -2.41. The summed E-state index contributed by atoms with van der Waals surface area (Å²) in [5.74, 6) is 0. The molecule has 2 atom stereocenters. The first-order valence-corrected chi connectivity index (χ1v) is 5.06. The van der Waals surface area contributed by atoms with E-state index in [1.807, 2.05) is 0 Å². The third kappa shape index (κ3) is 0.977. The van der Waals surface area contributed by atoms with E-state index in [0.717, 1.165) is 19.4 Å². The van der Waals surface area contributed by atoms with Gasteiger partial charge in [0.05, 0.1) is 5.54 Å². The molecule has 1 saturated heterocycles. The number of hydrogen-bond donors (Lipinski definition) is 1. The molecule has 1 fully saturated rings. The number of rotatable bonds is 0. The molecule has 0 radical (unpaired) electrons. The number of aliphatic imine (C=N–C) groups is 1. The average Bonchev–Trinajstić information content (AvgIpc) is 2.18. The average molecular weight is 186 g/mol. The van der Waals surface area contributed by atoms with Crippen molar-refractivity contribution in [2.24, 2.45) is 10.7 Å². The molecule has 0 saturated carbocycles.